The Labute approximate surface area is 369 Å². The minimum atomic E-state index is -4.57. The van der Waals surface area contributed by atoms with Crippen LogP contribution in [0, 0.1) is 0 Å². The molecule has 0 atom stereocenters. The number of hydrogen-bond acceptors (Lipinski definition) is 6. The molecule has 0 aliphatic heterocycles. The van der Waals surface area contributed by atoms with Gasteiger partial charge in [-0.3, -0.25) is 4.55 Å². The molecule has 346 valence electrons. The minimum Gasteiger partial charge on any atom is -0.462 e. The van der Waals surface area contributed by atoms with Crippen molar-refractivity contribution in [2.24, 2.45) is 0 Å². The smallest absolute Gasteiger partial charge is 0.339 e. The van der Waals surface area contributed by atoms with E-state index in [1.807, 2.05) is 12.2 Å². The van der Waals surface area contributed by atoms with E-state index in [4.69, 9.17) is 9.47 Å². The van der Waals surface area contributed by atoms with Crippen LogP contribution in [0.1, 0.15) is 265 Å². The first kappa shape index (κ1) is 55.6. The molecule has 60 heavy (non-hydrogen) atoms. The molecule has 0 aliphatic carbocycles. The van der Waals surface area contributed by atoms with E-state index < -0.39 is 27.0 Å². The van der Waals surface area contributed by atoms with Crippen molar-refractivity contribution in [1.29, 1.82) is 0 Å². The van der Waals surface area contributed by atoms with Gasteiger partial charge in [-0.05, 0) is 56.7 Å². The Kier molecular flexibility index (Phi) is 37.6. The number of rotatable bonds is 45. The van der Waals surface area contributed by atoms with Gasteiger partial charge in [0.1, 0.15) is 0 Å². The first-order valence-electron chi connectivity index (χ1n) is 25.0. The zero-order valence-electron chi connectivity index (χ0n) is 38.4. The van der Waals surface area contributed by atoms with E-state index in [1.54, 1.807) is 0 Å². The van der Waals surface area contributed by atoms with Crippen molar-refractivity contribution in [3.05, 3.63) is 54.6 Å². The summed E-state index contributed by atoms with van der Waals surface area (Å²) in [4.78, 5) is 25.5. The maximum Gasteiger partial charge on any atom is 0.339 e. The highest BCUT2D eigenvalue weighted by atomic mass is 32.2. The Morgan fingerprint density at radius 1 is 0.417 bits per heavy atom. The summed E-state index contributed by atoms with van der Waals surface area (Å²) >= 11 is 0. The first-order valence-corrected chi connectivity index (χ1v) is 26.4. The summed E-state index contributed by atoms with van der Waals surface area (Å²) in [6, 6.07) is 3.32. The number of benzene rings is 1. The van der Waals surface area contributed by atoms with E-state index in [1.165, 1.54) is 192 Å². The molecule has 0 amide bonds. The van der Waals surface area contributed by atoms with Crippen LogP contribution in [0.15, 0.2) is 48.4 Å². The lowest BCUT2D eigenvalue weighted by atomic mass is 10.0. The molecule has 0 saturated carbocycles. The largest absolute Gasteiger partial charge is 0.462 e. The van der Waals surface area contributed by atoms with Crippen molar-refractivity contribution < 1.29 is 32.0 Å². The molecule has 1 aromatic carbocycles. The topological polar surface area (TPSA) is 107 Å². The van der Waals surface area contributed by atoms with Crippen LogP contribution in [0.25, 0.3) is 0 Å². The van der Waals surface area contributed by atoms with Gasteiger partial charge in [0.15, 0.2) is 0 Å². The predicted octanol–water partition coefficient (Wildman–Crippen LogP) is 16.4. The highest BCUT2D eigenvalue weighted by Crippen LogP contribution is 2.21. The zero-order chi connectivity index (χ0) is 43.6. The molecule has 0 aliphatic rings. The molecule has 0 aromatic heterocycles. The summed E-state index contributed by atoms with van der Waals surface area (Å²) in [6.07, 6.45) is 51.7. The van der Waals surface area contributed by atoms with Crippen molar-refractivity contribution in [1.82, 2.24) is 0 Å². The number of hydrogen-bond donors (Lipinski definition) is 1. The van der Waals surface area contributed by atoms with E-state index in [0.717, 1.165) is 63.5 Å². The molecule has 8 heteroatoms. The van der Waals surface area contributed by atoms with E-state index in [0.29, 0.717) is 6.42 Å². The number of esters is 2. The number of carbonyl (C=O) groups is 2. The van der Waals surface area contributed by atoms with Gasteiger partial charge in [0.2, 0.25) is 0 Å². The van der Waals surface area contributed by atoms with E-state index in [9.17, 15) is 22.6 Å². The molecule has 0 radical (unpaired) electrons. The summed E-state index contributed by atoms with van der Waals surface area (Å²) in [5, 5.41) is 0. The molecule has 0 spiro atoms. The lowest BCUT2D eigenvalue weighted by Crippen LogP contribution is -2.16. The Bertz CT molecular complexity index is 1310. The third-order valence-corrected chi connectivity index (χ3v) is 12.6. The fourth-order valence-corrected chi connectivity index (χ4v) is 8.46. The summed E-state index contributed by atoms with van der Waals surface area (Å²) < 4.78 is 44.1. The third-order valence-electron chi connectivity index (χ3n) is 11.8. The lowest BCUT2D eigenvalue weighted by molar-refractivity contribution is 0.0450. The van der Waals surface area contributed by atoms with Gasteiger partial charge in [-0.2, -0.15) is 8.42 Å². The zero-order valence-corrected chi connectivity index (χ0v) is 39.2. The molecule has 0 saturated heterocycles. The number of unbranched alkanes of at least 4 members (excludes halogenated alkanes) is 36. The van der Waals surface area contributed by atoms with Crippen LogP contribution in [-0.4, -0.2) is 38.1 Å². The van der Waals surface area contributed by atoms with E-state index >= 15 is 0 Å². The third kappa shape index (κ3) is 33.2. The molecule has 7 nitrogen and oxygen atoms in total. The van der Waals surface area contributed by atoms with Gasteiger partial charge < -0.3 is 9.47 Å². The lowest BCUT2D eigenvalue weighted by Gasteiger charge is -2.11. The predicted molar refractivity (Wildman–Crippen MR) is 253 cm³/mol. The molecule has 0 unspecified atom stereocenters. The molecule has 1 rings (SSSR count). The highest BCUT2D eigenvalue weighted by molar-refractivity contribution is 7.85. The SMILES string of the molecule is C=CCCCCCCCCCCCCCCCCCCCCOC(=O)c1ccc(S(=O)(=O)O)cc1C(=O)OCCCCCCCCCCCCCCCCCCCCC=C. The van der Waals surface area contributed by atoms with Crippen LogP contribution in [0.4, 0.5) is 0 Å². The van der Waals surface area contributed by atoms with Gasteiger partial charge in [-0.1, -0.05) is 218 Å². The molecule has 0 heterocycles. The summed E-state index contributed by atoms with van der Waals surface area (Å²) in [7, 11) is -4.57. The second-order valence-corrected chi connectivity index (χ2v) is 18.8. The average Bonchev–Trinajstić information content (AvgIpc) is 3.24. The average molecular weight is 859 g/mol. The number of allylic oxidation sites excluding steroid dienone is 2. The molecule has 0 bridgehead atoms. The van der Waals surface area contributed by atoms with E-state index in [2.05, 4.69) is 13.2 Å². The second kappa shape index (κ2) is 40.6. The molecule has 1 aromatic rings. The van der Waals surface area contributed by atoms with Gasteiger partial charge >= 0.3 is 11.9 Å². The Hall–Kier alpha value is -2.45. The maximum atomic E-state index is 13.0. The van der Waals surface area contributed by atoms with Crippen molar-refractivity contribution in [3.8, 4) is 0 Å². The fraction of sp³-hybridized carbons (Fsp3) is 0.769. The van der Waals surface area contributed by atoms with Crippen LogP contribution in [-0.2, 0) is 19.6 Å². The van der Waals surface area contributed by atoms with Gasteiger partial charge in [-0.25, -0.2) is 9.59 Å². The molecular formula is C52H90O7S. The van der Waals surface area contributed by atoms with Gasteiger partial charge in [0, 0.05) is 0 Å². The summed E-state index contributed by atoms with van der Waals surface area (Å²) in [5.41, 5.74) is -0.263. The quantitative estimate of drug-likeness (QED) is 0.0301. The van der Waals surface area contributed by atoms with E-state index in [-0.39, 0.29) is 24.3 Å². The van der Waals surface area contributed by atoms with Crippen LogP contribution < -0.4 is 0 Å². The number of ether oxygens (including phenoxy) is 2. The molecule has 1 N–H and O–H groups in total. The van der Waals surface area contributed by atoms with Crippen LogP contribution in [0.3, 0.4) is 0 Å². The second-order valence-electron chi connectivity index (χ2n) is 17.3. The standard InChI is InChI=1S/C52H90O7S/c1-3-5-7-9-11-13-15-17-19-21-23-25-27-29-31-33-35-37-39-41-45-58-51(53)49-44-43-48(60(55,56)57)47-50(49)52(54)59-46-42-40-38-36-34-32-30-28-26-24-22-20-18-16-14-12-10-8-6-4-2/h3-4,43-44,47H,1-2,5-42,45-46H2,(H,55,56,57). The Balaban J connectivity index is 2.12. The summed E-state index contributed by atoms with van der Waals surface area (Å²) in [5.74, 6) is -1.49. The Morgan fingerprint density at radius 2 is 0.667 bits per heavy atom. The van der Waals surface area contributed by atoms with Crippen LogP contribution >= 0.6 is 0 Å². The maximum absolute atomic E-state index is 13.0. The van der Waals surface area contributed by atoms with Crippen molar-refractivity contribution in [2.45, 2.75) is 249 Å². The fourth-order valence-electron chi connectivity index (χ4n) is 7.95. The van der Waals surface area contributed by atoms with Gasteiger partial charge in [0.25, 0.3) is 10.1 Å². The number of carbonyl (C=O) groups excluding carboxylic acids is 2. The van der Waals surface area contributed by atoms with Gasteiger partial charge in [-0.15, -0.1) is 13.2 Å². The monoisotopic (exact) mass is 859 g/mol. The summed E-state index contributed by atoms with van der Waals surface area (Å²) in [6.45, 7) is 7.98. The highest BCUT2D eigenvalue weighted by Gasteiger charge is 2.23. The first-order chi connectivity index (χ1) is 29.3. The van der Waals surface area contributed by atoms with Crippen LogP contribution in [0.2, 0.25) is 0 Å². The van der Waals surface area contributed by atoms with Gasteiger partial charge in [0.05, 0.1) is 29.2 Å². The molecular weight excluding hydrogens is 769 g/mol. The normalized spacial score (nSPS) is 11.5. The van der Waals surface area contributed by atoms with Crippen molar-refractivity contribution in [2.75, 3.05) is 13.2 Å². The van der Waals surface area contributed by atoms with Crippen molar-refractivity contribution in [3.63, 3.8) is 0 Å². The minimum absolute atomic E-state index is 0.0565. The Morgan fingerprint density at radius 3 is 0.933 bits per heavy atom. The van der Waals surface area contributed by atoms with Crippen LogP contribution in [0.5, 0.6) is 0 Å². The van der Waals surface area contributed by atoms with Crippen molar-refractivity contribution >= 4 is 22.1 Å². The molecule has 0 fully saturated rings.